The van der Waals surface area contributed by atoms with Gasteiger partial charge in [0.1, 0.15) is 6.04 Å². The van der Waals surface area contributed by atoms with Crippen molar-refractivity contribution >= 4 is 33.6 Å². The first kappa shape index (κ1) is 23.1. The van der Waals surface area contributed by atoms with Gasteiger partial charge in [0.2, 0.25) is 5.91 Å². The number of unbranched alkanes of at least 4 members (excludes halogenated alkanes) is 1. The highest BCUT2D eigenvalue weighted by molar-refractivity contribution is 7.87. The van der Waals surface area contributed by atoms with Crippen molar-refractivity contribution in [3.8, 4) is 11.1 Å². The second kappa shape index (κ2) is 10.6. The van der Waals surface area contributed by atoms with Gasteiger partial charge in [0.15, 0.2) is 0 Å². The van der Waals surface area contributed by atoms with Crippen LogP contribution in [0.1, 0.15) is 19.3 Å². The van der Waals surface area contributed by atoms with Crippen molar-refractivity contribution in [1.82, 2.24) is 10.0 Å². The van der Waals surface area contributed by atoms with Gasteiger partial charge in [0, 0.05) is 6.54 Å². The average Bonchev–Trinajstić information content (AvgIpc) is 2.68. The maximum absolute atomic E-state index is 12.6. The van der Waals surface area contributed by atoms with Gasteiger partial charge in [-0.3, -0.25) is 4.79 Å². The molecule has 1 unspecified atom stereocenters. The predicted octanol–water partition coefficient (Wildman–Crippen LogP) is 1.47. The third kappa shape index (κ3) is 7.70. The summed E-state index contributed by atoms with van der Waals surface area (Å²) in [5.74, 6) is -0.561. The Kier molecular flexibility index (Phi) is 8.16. The minimum atomic E-state index is -3.79. The SMILES string of the molecule is Nc1ccc(-c2ccccc2)cc1NC(=O)C(CCCCNS(N)(=O)=O)NC(=O)O. The van der Waals surface area contributed by atoms with Crippen molar-refractivity contribution in [3.63, 3.8) is 0 Å². The fourth-order valence-corrected chi connectivity index (χ4v) is 3.23. The molecule has 0 spiro atoms. The van der Waals surface area contributed by atoms with E-state index >= 15 is 0 Å². The highest BCUT2D eigenvalue weighted by Gasteiger charge is 2.21. The smallest absolute Gasteiger partial charge is 0.405 e. The first-order valence-corrected chi connectivity index (χ1v) is 10.7. The molecular formula is C19H25N5O5S. The number of nitrogens with two attached hydrogens (primary N) is 2. The maximum Gasteiger partial charge on any atom is 0.405 e. The molecule has 162 valence electrons. The minimum absolute atomic E-state index is 0.0896. The molecule has 0 radical (unpaired) electrons. The first-order chi connectivity index (χ1) is 14.2. The Morgan fingerprint density at radius 2 is 1.73 bits per heavy atom. The van der Waals surface area contributed by atoms with Crippen LogP contribution in [0.2, 0.25) is 0 Å². The van der Waals surface area contributed by atoms with Crippen LogP contribution in [-0.4, -0.2) is 38.1 Å². The summed E-state index contributed by atoms with van der Waals surface area (Å²) < 4.78 is 23.8. The molecule has 2 rings (SSSR count). The first-order valence-electron chi connectivity index (χ1n) is 9.18. The fraction of sp³-hybridized carbons (Fsp3) is 0.263. The van der Waals surface area contributed by atoms with Crippen molar-refractivity contribution in [3.05, 3.63) is 48.5 Å². The number of nitrogens with one attached hydrogen (secondary N) is 3. The van der Waals surface area contributed by atoms with Crippen molar-refractivity contribution in [2.24, 2.45) is 5.14 Å². The third-order valence-electron chi connectivity index (χ3n) is 4.26. The Bertz CT molecular complexity index is 982. The average molecular weight is 436 g/mol. The number of hydrogen-bond donors (Lipinski definition) is 6. The van der Waals surface area contributed by atoms with Gasteiger partial charge in [-0.1, -0.05) is 36.4 Å². The number of hydrogen-bond acceptors (Lipinski definition) is 5. The molecule has 0 saturated carbocycles. The van der Waals surface area contributed by atoms with Crippen LogP contribution in [0.25, 0.3) is 11.1 Å². The van der Waals surface area contributed by atoms with Crippen LogP contribution >= 0.6 is 0 Å². The molecule has 0 aliphatic rings. The lowest BCUT2D eigenvalue weighted by Gasteiger charge is -2.18. The molecule has 0 aliphatic carbocycles. The monoisotopic (exact) mass is 435 g/mol. The summed E-state index contributed by atoms with van der Waals surface area (Å²) in [5, 5.41) is 18.7. The lowest BCUT2D eigenvalue weighted by molar-refractivity contribution is -0.118. The molecule has 2 aromatic carbocycles. The van der Waals surface area contributed by atoms with E-state index < -0.39 is 28.3 Å². The topological polar surface area (TPSA) is 177 Å². The molecule has 30 heavy (non-hydrogen) atoms. The van der Waals surface area contributed by atoms with E-state index in [4.69, 9.17) is 16.0 Å². The molecule has 0 saturated heterocycles. The molecule has 0 aromatic heterocycles. The third-order valence-corrected chi connectivity index (χ3v) is 4.86. The number of carbonyl (C=O) groups excluding carboxylic acids is 1. The largest absolute Gasteiger partial charge is 0.465 e. The summed E-state index contributed by atoms with van der Waals surface area (Å²) in [6, 6.07) is 13.7. The summed E-state index contributed by atoms with van der Waals surface area (Å²) in [4.78, 5) is 23.7. The van der Waals surface area contributed by atoms with E-state index in [0.29, 0.717) is 24.2 Å². The van der Waals surface area contributed by atoms with Crippen LogP contribution < -0.4 is 26.2 Å². The number of amides is 2. The summed E-state index contributed by atoms with van der Waals surface area (Å²) in [6.07, 6.45) is -0.403. The lowest BCUT2D eigenvalue weighted by atomic mass is 10.0. The van der Waals surface area contributed by atoms with Crippen molar-refractivity contribution < 1.29 is 23.1 Å². The Hall–Kier alpha value is -3.15. The Morgan fingerprint density at radius 3 is 2.37 bits per heavy atom. The normalized spacial score (nSPS) is 12.2. The summed E-state index contributed by atoms with van der Waals surface area (Å²) in [5.41, 5.74) is 8.47. The standard InChI is InChI=1S/C19H25N5O5S/c20-15-10-9-14(13-6-2-1-3-7-13)12-17(15)23-18(25)16(24-19(26)27)8-4-5-11-22-30(21,28)29/h1-3,6-7,9-10,12,16,22,24H,4-5,8,11,20H2,(H,23,25)(H,26,27)(H2,21,28,29). The lowest BCUT2D eigenvalue weighted by Crippen LogP contribution is -2.43. The number of rotatable bonds is 10. The molecule has 2 amide bonds. The molecule has 0 heterocycles. The Morgan fingerprint density at radius 1 is 1.03 bits per heavy atom. The van der Waals surface area contributed by atoms with Crippen LogP contribution in [0.3, 0.4) is 0 Å². The van der Waals surface area contributed by atoms with E-state index in [2.05, 4.69) is 15.4 Å². The van der Waals surface area contributed by atoms with Gasteiger partial charge in [0.25, 0.3) is 10.2 Å². The van der Waals surface area contributed by atoms with Crippen LogP contribution in [0.5, 0.6) is 0 Å². The molecule has 0 fully saturated rings. The van der Waals surface area contributed by atoms with Crippen LogP contribution in [0, 0.1) is 0 Å². The number of nitrogen functional groups attached to an aromatic ring is 1. The van der Waals surface area contributed by atoms with Gasteiger partial charge < -0.3 is 21.5 Å². The van der Waals surface area contributed by atoms with E-state index in [1.165, 1.54) is 0 Å². The predicted molar refractivity (Wildman–Crippen MR) is 115 cm³/mol. The molecule has 2 aromatic rings. The van der Waals surface area contributed by atoms with Gasteiger partial charge in [-0.15, -0.1) is 0 Å². The quantitative estimate of drug-likeness (QED) is 0.243. The highest BCUT2D eigenvalue weighted by atomic mass is 32.2. The molecule has 11 heteroatoms. The maximum atomic E-state index is 12.6. The van der Waals surface area contributed by atoms with Gasteiger partial charge in [-0.2, -0.15) is 8.42 Å². The molecule has 0 aliphatic heterocycles. The van der Waals surface area contributed by atoms with Crippen molar-refractivity contribution in [2.45, 2.75) is 25.3 Å². The van der Waals surface area contributed by atoms with E-state index in [1.807, 2.05) is 36.4 Å². The Balaban J connectivity index is 2.04. The van der Waals surface area contributed by atoms with E-state index in [9.17, 15) is 18.0 Å². The summed E-state index contributed by atoms with van der Waals surface area (Å²) >= 11 is 0. The zero-order chi connectivity index (χ0) is 22.1. The molecule has 8 N–H and O–H groups in total. The highest BCUT2D eigenvalue weighted by Crippen LogP contribution is 2.27. The fourth-order valence-electron chi connectivity index (χ4n) is 2.80. The van der Waals surface area contributed by atoms with Crippen LogP contribution in [0.4, 0.5) is 16.2 Å². The molecule has 1 atom stereocenters. The van der Waals surface area contributed by atoms with Gasteiger partial charge in [0.05, 0.1) is 11.4 Å². The second-order valence-corrected chi connectivity index (χ2v) is 7.97. The van der Waals surface area contributed by atoms with E-state index in [-0.39, 0.29) is 13.0 Å². The molecule has 0 bridgehead atoms. The number of benzene rings is 2. The van der Waals surface area contributed by atoms with Gasteiger partial charge >= 0.3 is 6.09 Å². The van der Waals surface area contributed by atoms with Gasteiger partial charge in [-0.25, -0.2) is 14.7 Å². The molecular weight excluding hydrogens is 410 g/mol. The van der Waals surface area contributed by atoms with Crippen molar-refractivity contribution in [2.75, 3.05) is 17.6 Å². The Labute approximate surface area is 174 Å². The number of carbonyl (C=O) groups is 2. The number of carboxylic acid groups (broad SMARTS) is 1. The zero-order valence-electron chi connectivity index (χ0n) is 16.2. The van der Waals surface area contributed by atoms with E-state index in [0.717, 1.165) is 11.1 Å². The number of anilines is 2. The van der Waals surface area contributed by atoms with Crippen LogP contribution in [-0.2, 0) is 15.0 Å². The molecule has 10 nitrogen and oxygen atoms in total. The summed E-state index contributed by atoms with van der Waals surface area (Å²) in [6.45, 7) is 0.0896. The second-order valence-electron chi connectivity index (χ2n) is 6.59. The zero-order valence-corrected chi connectivity index (χ0v) is 17.0. The van der Waals surface area contributed by atoms with Crippen molar-refractivity contribution in [1.29, 1.82) is 0 Å². The minimum Gasteiger partial charge on any atom is -0.465 e. The van der Waals surface area contributed by atoms with E-state index in [1.54, 1.807) is 12.1 Å². The van der Waals surface area contributed by atoms with Gasteiger partial charge in [-0.05, 0) is 42.5 Å². The summed E-state index contributed by atoms with van der Waals surface area (Å²) in [7, 11) is -3.79. The van der Waals surface area contributed by atoms with Crippen LogP contribution in [0.15, 0.2) is 48.5 Å².